The number of likely N-dealkylation sites (tertiary alicyclic amines) is 1. The number of benzene rings is 1. The molecule has 0 spiro atoms. The Hall–Kier alpha value is -2.15. The molecule has 1 saturated heterocycles. The Kier molecular flexibility index (Phi) is 7.86. The predicted molar refractivity (Wildman–Crippen MR) is 118 cm³/mol. The first-order valence-corrected chi connectivity index (χ1v) is 11.0. The summed E-state index contributed by atoms with van der Waals surface area (Å²) in [6, 6.07) is 11.3. The molecule has 1 aliphatic heterocycles. The fourth-order valence-electron chi connectivity index (χ4n) is 3.35. The number of carbonyl (C=O) groups is 2. The van der Waals surface area contributed by atoms with Gasteiger partial charge in [0.1, 0.15) is 0 Å². The molecule has 0 bridgehead atoms. The van der Waals surface area contributed by atoms with E-state index in [2.05, 4.69) is 11.9 Å². The van der Waals surface area contributed by atoms with E-state index in [9.17, 15) is 9.59 Å². The SMILES string of the molecule is C=CCN(CC(=O)NCc1ccc(C(=O)N2CCCC2)cc1)Cc1ccc(Cl)s1. The smallest absolute Gasteiger partial charge is 0.253 e. The van der Waals surface area contributed by atoms with Crippen LogP contribution in [0.3, 0.4) is 0 Å². The zero-order chi connectivity index (χ0) is 20.6. The van der Waals surface area contributed by atoms with E-state index in [0.717, 1.165) is 40.7 Å². The first kappa shape index (κ1) is 21.6. The van der Waals surface area contributed by atoms with Gasteiger partial charge in [-0.25, -0.2) is 0 Å². The van der Waals surface area contributed by atoms with Crippen LogP contribution in [0, 0.1) is 0 Å². The fourth-order valence-corrected chi connectivity index (χ4v) is 4.48. The zero-order valence-corrected chi connectivity index (χ0v) is 18.0. The molecule has 1 aliphatic rings. The lowest BCUT2D eigenvalue weighted by atomic mass is 10.1. The Labute approximate surface area is 181 Å². The number of thiophene rings is 1. The third-order valence-electron chi connectivity index (χ3n) is 4.85. The average molecular weight is 432 g/mol. The summed E-state index contributed by atoms with van der Waals surface area (Å²) in [6.07, 6.45) is 3.95. The number of hydrogen-bond donors (Lipinski definition) is 1. The van der Waals surface area contributed by atoms with Crippen LogP contribution in [0.4, 0.5) is 0 Å². The zero-order valence-electron chi connectivity index (χ0n) is 16.4. The molecule has 0 unspecified atom stereocenters. The molecule has 2 amide bonds. The van der Waals surface area contributed by atoms with Crippen LogP contribution < -0.4 is 5.32 Å². The quantitative estimate of drug-likeness (QED) is 0.612. The van der Waals surface area contributed by atoms with Gasteiger partial charge in [-0.2, -0.15) is 0 Å². The van der Waals surface area contributed by atoms with Crippen LogP contribution in [0.15, 0.2) is 49.1 Å². The van der Waals surface area contributed by atoms with Gasteiger partial charge in [-0.15, -0.1) is 17.9 Å². The second-order valence-electron chi connectivity index (χ2n) is 7.14. The summed E-state index contributed by atoms with van der Waals surface area (Å²) in [5, 5.41) is 2.95. The molecule has 0 saturated carbocycles. The van der Waals surface area contributed by atoms with E-state index in [1.807, 2.05) is 46.2 Å². The Morgan fingerprint density at radius 2 is 1.90 bits per heavy atom. The van der Waals surface area contributed by atoms with Crippen molar-refractivity contribution in [3.8, 4) is 0 Å². The lowest BCUT2D eigenvalue weighted by Crippen LogP contribution is -2.36. The van der Waals surface area contributed by atoms with E-state index in [1.165, 1.54) is 11.3 Å². The molecule has 0 atom stereocenters. The molecular weight excluding hydrogens is 406 g/mol. The highest BCUT2D eigenvalue weighted by Gasteiger charge is 2.19. The minimum Gasteiger partial charge on any atom is -0.351 e. The molecule has 5 nitrogen and oxygen atoms in total. The van der Waals surface area contributed by atoms with Crippen LogP contribution in [0.25, 0.3) is 0 Å². The number of nitrogens with zero attached hydrogens (tertiary/aromatic N) is 2. The Bertz CT molecular complexity index is 844. The van der Waals surface area contributed by atoms with Crippen LogP contribution in [0.1, 0.15) is 33.6 Å². The van der Waals surface area contributed by atoms with Crippen LogP contribution in [-0.4, -0.2) is 47.8 Å². The summed E-state index contributed by atoms with van der Waals surface area (Å²) in [7, 11) is 0. The maximum atomic E-state index is 12.4. The van der Waals surface area contributed by atoms with Gasteiger partial charge in [-0.3, -0.25) is 14.5 Å². The van der Waals surface area contributed by atoms with Gasteiger partial charge in [-0.05, 0) is 42.7 Å². The Morgan fingerprint density at radius 3 is 2.52 bits per heavy atom. The molecule has 154 valence electrons. The van der Waals surface area contributed by atoms with E-state index in [-0.39, 0.29) is 18.4 Å². The second kappa shape index (κ2) is 10.6. The van der Waals surface area contributed by atoms with E-state index < -0.39 is 0 Å². The maximum Gasteiger partial charge on any atom is 0.253 e. The molecule has 2 heterocycles. The van der Waals surface area contributed by atoms with Gasteiger partial charge < -0.3 is 10.2 Å². The third-order valence-corrected chi connectivity index (χ3v) is 6.06. The summed E-state index contributed by atoms with van der Waals surface area (Å²) in [5.41, 5.74) is 1.67. The van der Waals surface area contributed by atoms with Crippen molar-refractivity contribution in [2.24, 2.45) is 0 Å². The molecule has 2 aromatic rings. The number of hydrogen-bond acceptors (Lipinski definition) is 4. The second-order valence-corrected chi connectivity index (χ2v) is 8.94. The van der Waals surface area contributed by atoms with Crippen molar-refractivity contribution in [3.63, 3.8) is 0 Å². The highest BCUT2D eigenvalue weighted by molar-refractivity contribution is 7.16. The van der Waals surface area contributed by atoms with E-state index in [0.29, 0.717) is 25.2 Å². The van der Waals surface area contributed by atoms with Crippen molar-refractivity contribution in [3.05, 3.63) is 69.4 Å². The van der Waals surface area contributed by atoms with E-state index in [4.69, 9.17) is 11.6 Å². The molecule has 7 heteroatoms. The molecule has 1 N–H and O–H groups in total. The van der Waals surface area contributed by atoms with Crippen LogP contribution in [-0.2, 0) is 17.9 Å². The first-order valence-electron chi connectivity index (χ1n) is 9.77. The molecular formula is C22H26ClN3O2S. The fraction of sp³-hybridized carbons (Fsp3) is 0.364. The number of rotatable bonds is 9. The summed E-state index contributed by atoms with van der Waals surface area (Å²) in [6.45, 7) is 7.45. The van der Waals surface area contributed by atoms with Crippen molar-refractivity contribution in [1.82, 2.24) is 15.1 Å². The largest absolute Gasteiger partial charge is 0.351 e. The number of carbonyl (C=O) groups excluding carboxylic acids is 2. The van der Waals surface area contributed by atoms with Gasteiger partial charge >= 0.3 is 0 Å². The lowest BCUT2D eigenvalue weighted by molar-refractivity contribution is -0.122. The summed E-state index contributed by atoms with van der Waals surface area (Å²) in [4.78, 5) is 29.8. The Morgan fingerprint density at radius 1 is 1.17 bits per heavy atom. The summed E-state index contributed by atoms with van der Waals surface area (Å²) < 4.78 is 0.745. The molecule has 29 heavy (non-hydrogen) atoms. The minimum atomic E-state index is -0.0493. The van der Waals surface area contributed by atoms with Gasteiger partial charge in [0.25, 0.3) is 5.91 Å². The van der Waals surface area contributed by atoms with Crippen LogP contribution in [0.5, 0.6) is 0 Å². The average Bonchev–Trinajstić information content (AvgIpc) is 3.38. The van der Waals surface area contributed by atoms with Crippen molar-refractivity contribution in [2.45, 2.75) is 25.9 Å². The predicted octanol–water partition coefficient (Wildman–Crippen LogP) is 3.94. The normalized spacial score (nSPS) is 13.7. The van der Waals surface area contributed by atoms with Gasteiger partial charge in [0.15, 0.2) is 0 Å². The van der Waals surface area contributed by atoms with Gasteiger partial charge in [0.05, 0.1) is 10.9 Å². The molecule has 3 rings (SSSR count). The van der Waals surface area contributed by atoms with Crippen LogP contribution >= 0.6 is 22.9 Å². The lowest BCUT2D eigenvalue weighted by Gasteiger charge is -2.19. The first-order chi connectivity index (χ1) is 14.0. The molecule has 1 aromatic heterocycles. The minimum absolute atomic E-state index is 0.0493. The maximum absolute atomic E-state index is 12.4. The van der Waals surface area contributed by atoms with Gasteiger partial charge in [0.2, 0.25) is 5.91 Å². The monoisotopic (exact) mass is 431 g/mol. The Balaban J connectivity index is 1.48. The van der Waals surface area contributed by atoms with Gasteiger partial charge in [0, 0.05) is 43.2 Å². The standard InChI is InChI=1S/C22H26ClN3O2S/c1-2-11-25(15-19-9-10-20(23)29-19)16-21(27)24-14-17-5-7-18(8-6-17)22(28)26-12-3-4-13-26/h2,5-10H,1,3-4,11-16H2,(H,24,27). The van der Waals surface area contributed by atoms with Crippen molar-refractivity contribution < 1.29 is 9.59 Å². The van der Waals surface area contributed by atoms with Crippen molar-refractivity contribution >= 4 is 34.8 Å². The van der Waals surface area contributed by atoms with E-state index in [1.54, 1.807) is 6.08 Å². The highest BCUT2D eigenvalue weighted by atomic mass is 35.5. The van der Waals surface area contributed by atoms with E-state index >= 15 is 0 Å². The van der Waals surface area contributed by atoms with Crippen molar-refractivity contribution in [1.29, 1.82) is 0 Å². The molecule has 0 radical (unpaired) electrons. The molecule has 0 aliphatic carbocycles. The third kappa shape index (κ3) is 6.42. The highest BCUT2D eigenvalue weighted by Crippen LogP contribution is 2.22. The summed E-state index contributed by atoms with van der Waals surface area (Å²) >= 11 is 7.51. The topological polar surface area (TPSA) is 52.7 Å². The molecule has 1 fully saturated rings. The summed E-state index contributed by atoms with van der Waals surface area (Å²) in [5.74, 6) is 0.0403. The van der Waals surface area contributed by atoms with Crippen LogP contribution in [0.2, 0.25) is 4.34 Å². The molecule has 1 aromatic carbocycles. The van der Waals surface area contributed by atoms with Gasteiger partial charge in [-0.1, -0.05) is 29.8 Å². The number of halogens is 1. The number of amides is 2. The van der Waals surface area contributed by atoms with Crippen molar-refractivity contribution in [2.75, 3.05) is 26.2 Å². The number of nitrogens with one attached hydrogen (secondary N) is 1.